The summed E-state index contributed by atoms with van der Waals surface area (Å²) in [4.78, 5) is 12.0. The van der Waals surface area contributed by atoms with Gasteiger partial charge in [-0.25, -0.2) is 0 Å². The van der Waals surface area contributed by atoms with Crippen LogP contribution in [0.3, 0.4) is 0 Å². The molecule has 0 spiro atoms. The summed E-state index contributed by atoms with van der Waals surface area (Å²) in [7, 11) is 1.83. The van der Waals surface area contributed by atoms with E-state index in [0.717, 1.165) is 0 Å². The number of nitrogen functional groups attached to an aromatic ring is 1. The highest BCUT2D eigenvalue weighted by atomic mass is 16.1. The van der Waals surface area contributed by atoms with E-state index in [1.807, 2.05) is 26.2 Å². The molecule has 2 rings (SSSR count). The van der Waals surface area contributed by atoms with Crippen molar-refractivity contribution in [1.29, 1.82) is 0 Å². The van der Waals surface area contributed by atoms with Crippen LogP contribution in [0.2, 0.25) is 0 Å². The number of nitrogens with zero attached hydrogens (tertiary/aromatic N) is 2. The molecule has 0 bridgehead atoms. The van der Waals surface area contributed by atoms with Crippen molar-refractivity contribution in [2.24, 2.45) is 7.05 Å². The number of carbonyl (C=O) groups excluding carboxylic acids is 1. The summed E-state index contributed by atoms with van der Waals surface area (Å²) in [6.07, 6.45) is 1.82. The smallest absolute Gasteiger partial charge is 0.253 e. The van der Waals surface area contributed by atoms with E-state index in [2.05, 4.69) is 15.7 Å². The summed E-state index contributed by atoms with van der Waals surface area (Å²) in [6.45, 7) is 2.45. The Morgan fingerprint density at radius 2 is 2.21 bits per heavy atom. The Morgan fingerprint density at radius 1 is 1.42 bits per heavy atom. The van der Waals surface area contributed by atoms with Crippen LogP contribution in [0.15, 0.2) is 30.5 Å². The van der Waals surface area contributed by atoms with Crippen molar-refractivity contribution >= 4 is 23.1 Å². The molecule has 0 saturated carbocycles. The lowest BCUT2D eigenvalue weighted by molar-refractivity contribution is 0.0956. The van der Waals surface area contributed by atoms with Crippen LogP contribution in [0.4, 0.5) is 17.2 Å². The maximum Gasteiger partial charge on any atom is 0.253 e. The first-order valence-corrected chi connectivity index (χ1v) is 6.04. The predicted molar refractivity (Wildman–Crippen MR) is 75.4 cm³/mol. The molecule has 0 unspecified atom stereocenters. The van der Waals surface area contributed by atoms with E-state index >= 15 is 0 Å². The van der Waals surface area contributed by atoms with Gasteiger partial charge in [0, 0.05) is 31.5 Å². The normalized spacial score (nSPS) is 10.2. The van der Waals surface area contributed by atoms with Gasteiger partial charge in [-0.1, -0.05) is 0 Å². The van der Waals surface area contributed by atoms with Crippen LogP contribution in [-0.4, -0.2) is 22.2 Å². The van der Waals surface area contributed by atoms with Crippen molar-refractivity contribution in [3.8, 4) is 0 Å². The van der Waals surface area contributed by atoms with E-state index in [9.17, 15) is 4.79 Å². The van der Waals surface area contributed by atoms with E-state index in [4.69, 9.17) is 5.73 Å². The Hall–Kier alpha value is -2.50. The molecule has 1 amide bonds. The van der Waals surface area contributed by atoms with Crippen molar-refractivity contribution < 1.29 is 4.79 Å². The highest BCUT2D eigenvalue weighted by Crippen LogP contribution is 2.22. The third-order valence-corrected chi connectivity index (χ3v) is 2.60. The van der Waals surface area contributed by atoms with E-state index in [-0.39, 0.29) is 5.91 Å². The van der Waals surface area contributed by atoms with E-state index in [1.165, 1.54) is 0 Å². The fourth-order valence-electron chi connectivity index (χ4n) is 1.74. The fourth-order valence-corrected chi connectivity index (χ4v) is 1.74. The molecule has 1 aromatic carbocycles. The largest absolute Gasteiger partial charge is 0.399 e. The Kier molecular flexibility index (Phi) is 3.70. The molecule has 2 aromatic rings. The second-order valence-corrected chi connectivity index (χ2v) is 4.16. The summed E-state index contributed by atoms with van der Waals surface area (Å²) in [5.41, 5.74) is 7.54. The number of aryl methyl sites for hydroxylation is 1. The monoisotopic (exact) mass is 259 g/mol. The molecule has 0 aliphatic heterocycles. The van der Waals surface area contributed by atoms with Crippen LogP contribution in [0.5, 0.6) is 0 Å². The minimum absolute atomic E-state index is 0.138. The minimum Gasteiger partial charge on any atom is -0.399 e. The van der Waals surface area contributed by atoms with Gasteiger partial charge in [0.1, 0.15) is 0 Å². The van der Waals surface area contributed by atoms with Crippen molar-refractivity contribution in [2.75, 3.05) is 17.6 Å². The molecule has 0 aliphatic rings. The number of carbonyl (C=O) groups is 1. The first-order chi connectivity index (χ1) is 9.10. The quantitative estimate of drug-likeness (QED) is 0.726. The number of rotatable bonds is 4. The van der Waals surface area contributed by atoms with Crippen LogP contribution in [0.25, 0.3) is 0 Å². The summed E-state index contributed by atoms with van der Waals surface area (Å²) < 4.78 is 1.68. The van der Waals surface area contributed by atoms with Gasteiger partial charge in [-0.15, -0.1) is 0 Å². The highest BCUT2D eigenvalue weighted by Gasteiger charge is 2.11. The molecule has 100 valence electrons. The van der Waals surface area contributed by atoms with Crippen LogP contribution < -0.4 is 16.4 Å². The Bertz CT molecular complexity index is 590. The van der Waals surface area contributed by atoms with Crippen molar-refractivity contribution in [3.63, 3.8) is 0 Å². The summed E-state index contributed by atoms with van der Waals surface area (Å²) in [6, 6.07) is 6.95. The van der Waals surface area contributed by atoms with Gasteiger partial charge in [-0.3, -0.25) is 9.48 Å². The SMILES string of the molecule is CCNC(=O)c1ccc(N)cc1Nc1ccn(C)n1. The van der Waals surface area contributed by atoms with Gasteiger partial charge in [0.15, 0.2) is 5.82 Å². The maximum absolute atomic E-state index is 12.0. The van der Waals surface area contributed by atoms with Crippen molar-refractivity contribution in [2.45, 2.75) is 6.92 Å². The Labute approximate surface area is 111 Å². The molecule has 6 nitrogen and oxygen atoms in total. The van der Waals surface area contributed by atoms with Crippen LogP contribution >= 0.6 is 0 Å². The molecule has 1 aromatic heterocycles. The summed E-state index contributed by atoms with van der Waals surface area (Å²) in [5.74, 6) is 0.527. The zero-order chi connectivity index (χ0) is 13.8. The van der Waals surface area contributed by atoms with Gasteiger partial charge < -0.3 is 16.4 Å². The lowest BCUT2D eigenvalue weighted by Gasteiger charge is -2.11. The van der Waals surface area contributed by atoms with E-state index in [1.54, 1.807) is 22.9 Å². The standard InChI is InChI=1S/C13H17N5O/c1-3-15-13(19)10-5-4-9(14)8-11(10)16-12-6-7-18(2)17-12/h4-8H,3,14H2,1-2H3,(H,15,19)(H,16,17). The lowest BCUT2D eigenvalue weighted by atomic mass is 10.1. The fraction of sp³-hybridized carbons (Fsp3) is 0.231. The zero-order valence-electron chi connectivity index (χ0n) is 11.0. The molecular weight excluding hydrogens is 242 g/mol. The average molecular weight is 259 g/mol. The highest BCUT2D eigenvalue weighted by molar-refractivity contribution is 6.00. The summed E-state index contributed by atoms with van der Waals surface area (Å²) >= 11 is 0. The second kappa shape index (κ2) is 5.43. The number of benzene rings is 1. The molecule has 0 aliphatic carbocycles. The van der Waals surface area contributed by atoms with Gasteiger partial charge in [0.2, 0.25) is 0 Å². The van der Waals surface area contributed by atoms with Gasteiger partial charge in [0.05, 0.1) is 11.3 Å². The number of amides is 1. The topological polar surface area (TPSA) is 85.0 Å². The maximum atomic E-state index is 12.0. The van der Waals surface area contributed by atoms with Crippen molar-refractivity contribution in [1.82, 2.24) is 15.1 Å². The zero-order valence-corrected chi connectivity index (χ0v) is 11.0. The van der Waals surface area contributed by atoms with Crippen molar-refractivity contribution in [3.05, 3.63) is 36.0 Å². The molecule has 4 N–H and O–H groups in total. The number of anilines is 3. The van der Waals surface area contributed by atoms with Gasteiger partial charge in [-0.2, -0.15) is 5.10 Å². The number of hydrogen-bond acceptors (Lipinski definition) is 4. The molecule has 0 fully saturated rings. The first-order valence-electron chi connectivity index (χ1n) is 6.04. The number of nitrogens with two attached hydrogens (primary N) is 1. The second-order valence-electron chi connectivity index (χ2n) is 4.16. The van der Waals surface area contributed by atoms with Crippen LogP contribution in [0, 0.1) is 0 Å². The first kappa shape index (κ1) is 12.9. The molecule has 0 atom stereocenters. The number of nitrogens with one attached hydrogen (secondary N) is 2. The molecular formula is C13H17N5O. The van der Waals surface area contributed by atoms with Crippen LogP contribution in [-0.2, 0) is 7.05 Å². The molecule has 19 heavy (non-hydrogen) atoms. The Balaban J connectivity index is 2.31. The van der Waals surface area contributed by atoms with Gasteiger partial charge >= 0.3 is 0 Å². The van der Waals surface area contributed by atoms with E-state index in [0.29, 0.717) is 29.3 Å². The third-order valence-electron chi connectivity index (χ3n) is 2.60. The lowest BCUT2D eigenvalue weighted by Crippen LogP contribution is -2.23. The predicted octanol–water partition coefficient (Wildman–Crippen LogP) is 1.50. The molecule has 6 heteroatoms. The molecule has 0 radical (unpaired) electrons. The third kappa shape index (κ3) is 3.04. The molecule has 1 heterocycles. The molecule has 0 saturated heterocycles. The van der Waals surface area contributed by atoms with Gasteiger partial charge in [-0.05, 0) is 25.1 Å². The van der Waals surface area contributed by atoms with Gasteiger partial charge in [0.25, 0.3) is 5.91 Å². The minimum atomic E-state index is -0.138. The number of hydrogen-bond donors (Lipinski definition) is 3. The van der Waals surface area contributed by atoms with E-state index < -0.39 is 0 Å². The Morgan fingerprint density at radius 3 is 2.84 bits per heavy atom. The summed E-state index contributed by atoms with van der Waals surface area (Å²) in [5, 5.41) is 10.1. The van der Waals surface area contributed by atoms with Crippen LogP contribution in [0.1, 0.15) is 17.3 Å². The number of aromatic nitrogens is 2. The average Bonchev–Trinajstić information content (AvgIpc) is 2.75.